The Kier molecular flexibility index (Phi) is 3.54. The molecule has 2 amide bonds. The highest BCUT2D eigenvalue weighted by Crippen LogP contribution is 2.15. The number of rotatable bonds is 2. The van der Waals surface area contributed by atoms with Crippen molar-refractivity contribution < 1.29 is 13.2 Å². The molecule has 1 N–H and O–H groups in total. The third-order valence-electron chi connectivity index (χ3n) is 1.92. The first kappa shape index (κ1) is 12.5. The summed E-state index contributed by atoms with van der Waals surface area (Å²) in [4.78, 5) is 12.9. The summed E-state index contributed by atoms with van der Waals surface area (Å²) in [7, 11) is -0.0325. The van der Waals surface area contributed by atoms with E-state index in [4.69, 9.17) is 0 Å². The van der Waals surface area contributed by atoms with Crippen molar-refractivity contribution in [2.24, 2.45) is 0 Å². The third-order valence-corrected chi connectivity index (χ3v) is 3.03. The van der Waals surface area contributed by atoms with Crippen LogP contribution in [0.25, 0.3) is 0 Å². The van der Waals surface area contributed by atoms with E-state index in [1.54, 1.807) is 26.2 Å². The van der Waals surface area contributed by atoms with Crippen molar-refractivity contribution in [1.82, 2.24) is 4.90 Å². The Labute approximate surface area is 95.0 Å². The first-order chi connectivity index (χ1) is 7.30. The Bertz CT molecular complexity index is 495. The summed E-state index contributed by atoms with van der Waals surface area (Å²) < 4.78 is 22.6. The largest absolute Gasteiger partial charge is 0.331 e. The van der Waals surface area contributed by atoms with Gasteiger partial charge in [0.15, 0.2) is 9.84 Å². The van der Waals surface area contributed by atoms with Crippen molar-refractivity contribution in [3.63, 3.8) is 0 Å². The van der Waals surface area contributed by atoms with E-state index < -0.39 is 9.84 Å². The number of hydrogen-bond acceptors (Lipinski definition) is 3. The number of carbonyl (C=O) groups excluding carboxylic acids is 1. The predicted molar refractivity (Wildman–Crippen MR) is 62.3 cm³/mol. The zero-order valence-electron chi connectivity index (χ0n) is 9.39. The Morgan fingerprint density at radius 2 is 1.94 bits per heavy atom. The Balaban J connectivity index is 2.96. The topological polar surface area (TPSA) is 66.5 Å². The molecule has 16 heavy (non-hydrogen) atoms. The molecule has 0 aliphatic rings. The molecule has 0 aliphatic heterocycles. The van der Waals surface area contributed by atoms with Crippen molar-refractivity contribution in [3.8, 4) is 0 Å². The molecule has 1 rings (SSSR count). The Morgan fingerprint density at radius 1 is 1.31 bits per heavy atom. The van der Waals surface area contributed by atoms with Crippen LogP contribution >= 0.6 is 0 Å². The SMILES string of the molecule is CN(C)C(=O)Nc1cccc(S(C)(=O)=O)c1. The number of urea groups is 1. The van der Waals surface area contributed by atoms with Crippen molar-refractivity contribution in [2.75, 3.05) is 25.7 Å². The van der Waals surface area contributed by atoms with Gasteiger partial charge in [0.05, 0.1) is 4.90 Å². The molecule has 0 spiro atoms. The number of hydrogen-bond donors (Lipinski definition) is 1. The Hall–Kier alpha value is -1.56. The van der Waals surface area contributed by atoms with E-state index >= 15 is 0 Å². The summed E-state index contributed by atoms with van der Waals surface area (Å²) in [6, 6.07) is 5.83. The van der Waals surface area contributed by atoms with E-state index in [9.17, 15) is 13.2 Å². The molecule has 1 aromatic carbocycles. The van der Waals surface area contributed by atoms with Gasteiger partial charge in [-0.15, -0.1) is 0 Å². The van der Waals surface area contributed by atoms with Crippen LogP contribution in [-0.4, -0.2) is 39.7 Å². The fourth-order valence-electron chi connectivity index (χ4n) is 1.04. The minimum absolute atomic E-state index is 0.184. The van der Waals surface area contributed by atoms with Gasteiger partial charge in [-0.3, -0.25) is 0 Å². The lowest BCUT2D eigenvalue weighted by Gasteiger charge is -2.12. The second kappa shape index (κ2) is 4.52. The molecule has 5 nitrogen and oxygen atoms in total. The van der Waals surface area contributed by atoms with Crippen LogP contribution in [0.4, 0.5) is 10.5 Å². The van der Waals surface area contributed by atoms with Gasteiger partial charge in [0, 0.05) is 26.0 Å². The summed E-state index contributed by atoms with van der Waals surface area (Å²) in [5.74, 6) is 0. The van der Waals surface area contributed by atoms with E-state index in [0.29, 0.717) is 5.69 Å². The average Bonchev–Trinajstić information content (AvgIpc) is 2.16. The van der Waals surface area contributed by atoms with Crippen molar-refractivity contribution in [3.05, 3.63) is 24.3 Å². The van der Waals surface area contributed by atoms with E-state index in [2.05, 4.69) is 5.32 Å². The van der Waals surface area contributed by atoms with Gasteiger partial charge < -0.3 is 10.2 Å². The number of anilines is 1. The van der Waals surface area contributed by atoms with Gasteiger partial charge in [0.1, 0.15) is 0 Å². The van der Waals surface area contributed by atoms with Crippen molar-refractivity contribution in [2.45, 2.75) is 4.90 Å². The van der Waals surface area contributed by atoms with E-state index in [0.717, 1.165) is 6.26 Å². The van der Waals surface area contributed by atoms with Crippen LogP contribution in [0, 0.1) is 0 Å². The Morgan fingerprint density at radius 3 is 2.44 bits per heavy atom. The minimum Gasteiger partial charge on any atom is -0.331 e. The maximum absolute atomic E-state index is 11.3. The zero-order chi connectivity index (χ0) is 12.3. The van der Waals surface area contributed by atoms with Gasteiger partial charge in [-0.25, -0.2) is 13.2 Å². The molecule has 0 atom stereocenters. The highest BCUT2D eigenvalue weighted by Gasteiger charge is 2.09. The molecule has 0 saturated carbocycles. The molecular weight excluding hydrogens is 228 g/mol. The lowest BCUT2D eigenvalue weighted by molar-refractivity contribution is 0.230. The number of amides is 2. The third kappa shape index (κ3) is 3.23. The number of benzene rings is 1. The van der Waals surface area contributed by atoms with Crippen LogP contribution < -0.4 is 5.32 Å². The molecular formula is C10H14N2O3S. The van der Waals surface area contributed by atoms with Crippen LogP contribution in [0.3, 0.4) is 0 Å². The van der Waals surface area contributed by atoms with Crippen molar-refractivity contribution in [1.29, 1.82) is 0 Å². The average molecular weight is 242 g/mol. The van der Waals surface area contributed by atoms with E-state index in [-0.39, 0.29) is 10.9 Å². The zero-order valence-corrected chi connectivity index (χ0v) is 10.2. The summed E-state index contributed by atoms with van der Waals surface area (Å²) in [6.07, 6.45) is 1.12. The summed E-state index contributed by atoms with van der Waals surface area (Å²) >= 11 is 0. The minimum atomic E-state index is -3.25. The monoisotopic (exact) mass is 242 g/mol. The molecule has 0 aliphatic carbocycles. The van der Waals surface area contributed by atoms with Gasteiger partial charge in [0.25, 0.3) is 0 Å². The van der Waals surface area contributed by atoms with Gasteiger partial charge in [-0.1, -0.05) is 6.07 Å². The lowest BCUT2D eigenvalue weighted by atomic mass is 10.3. The second-order valence-corrected chi connectivity index (χ2v) is 5.64. The second-order valence-electron chi connectivity index (χ2n) is 3.62. The lowest BCUT2D eigenvalue weighted by Crippen LogP contribution is -2.27. The molecule has 0 aromatic heterocycles. The molecule has 0 saturated heterocycles. The standard InChI is InChI=1S/C10H14N2O3S/c1-12(2)10(13)11-8-5-4-6-9(7-8)16(3,14)15/h4-7H,1-3H3,(H,11,13). The molecule has 0 fully saturated rings. The maximum atomic E-state index is 11.3. The van der Waals surface area contributed by atoms with Crippen LogP contribution in [0.5, 0.6) is 0 Å². The number of nitrogens with one attached hydrogen (secondary N) is 1. The summed E-state index contributed by atoms with van der Waals surface area (Å²) in [6.45, 7) is 0. The first-order valence-electron chi connectivity index (χ1n) is 4.59. The van der Waals surface area contributed by atoms with Gasteiger partial charge in [-0.2, -0.15) is 0 Å². The molecule has 0 radical (unpaired) electrons. The van der Waals surface area contributed by atoms with Gasteiger partial charge in [-0.05, 0) is 18.2 Å². The quantitative estimate of drug-likeness (QED) is 0.847. The van der Waals surface area contributed by atoms with Crippen LogP contribution in [0.2, 0.25) is 0 Å². The molecule has 0 heterocycles. The van der Waals surface area contributed by atoms with Gasteiger partial charge >= 0.3 is 6.03 Å². The van der Waals surface area contributed by atoms with Crippen molar-refractivity contribution >= 4 is 21.6 Å². The fraction of sp³-hybridized carbons (Fsp3) is 0.300. The first-order valence-corrected chi connectivity index (χ1v) is 6.48. The number of sulfone groups is 1. The molecule has 0 bridgehead atoms. The highest BCUT2D eigenvalue weighted by atomic mass is 32.2. The highest BCUT2D eigenvalue weighted by molar-refractivity contribution is 7.90. The smallest absolute Gasteiger partial charge is 0.321 e. The summed E-state index contributed by atoms with van der Waals surface area (Å²) in [5, 5.41) is 2.58. The van der Waals surface area contributed by atoms with Crippen LogP contribution in [-0.2, 0) is 9.84 Å². The maximum Gasteiger partial charge on any atom is 0.321 e. The molecule has 6 heteroatoms. The van der Waals surface area contributed by atoms with E-state index in [1.165, 1.54) is 17.0 Å². The summed E-state index contributed by atoms with van der Waals surface area (Å²) in [5.41, 5.74) is 0.460. The molecule has 1 aromatic rings. The number of nitrogens with zero attached hydrogens (tertiary/aromatic N) is 1. The molecule has 88 valence electrons. The number of carbonyl (C=O) groups is 1. The molecule has 0 unspecified atom stereocenters. The predicted octanol–water partition coefficient (Wildman–Crippen LogP) is 1.18. The van der Waals surface area contributed by atoms with Gasteiger partial charge in [0.2, 0.25) is 0 Å². The fourth-order valence-corrected chi connectivity index (χ4v) is 1.71. The van der Waals surface area contributed by atoms with Crippen LogP contribution in [0.15, 0.2) is 29.2 Å². The van der Waals surface area contributed by atoms with E-state index in [1.807, 2.05) is 0 Å². The van der Waals surface area contributed by atoms with Crippen LogP contribution in [0.1, 0.15) is 0 Å². The normalized spacial score (nSPS) is 10.9.